The lowest BCUT2D eigenvalue weighted by atomic mass is 10.1. The van der Waals surface area contributed by atoms with E-state index in [1.165, 1.54) is 24.3 Å². The molecule has 0 bridgehead atoms. The van der Waals surface area contributed by atoms with Crippen LogP contribution in [0.1, 0.15) is 190 Å². The molecular formula is C44H70O12. The molecule has 318 valence electrons. The summed E-state index contributed by atoms with van der Waals surface area (Å²) in [5.41, 5.74) is -0.0492. The van der Waals surface area contributed by atoms with E-state index in [4.69, 9.17) is 28.4 Å². The van der Waals surface area contributed by atoms with Crippen LogP contribution in [0, 0.1) is 0 Å². The summed E-state index contributed by atoms with van der Waals surface area (Å²) in [6.07, 6.45) is 13.1. The fourth-order valence-electron chi connectivity index (χ4n) is 5.64. The van der Waals surface area contributed by atoms with Gasteiger partial charge in [-0.15, -0.1) is 0 Å². The molecule has 0 aliphatic rings. The van der Waals surface area contributed by atoms with Crippen molar-refractivity contribution in [2.24, 2.45) is 0 Å². The van der Waals surface area contributed by atoms with Crippen molar-refractivity contribution in [1.29, 1.82) is 0 Å². The number of unbranched alkanes of at least 4 members (excludes halogenated alkanes) is 12. The molecule has 1 aromatic carbocycles. The summed E-state index contributed by atoms with van der Waals surface area (Å²) in [6, 6.07) is 5.58. The summed E-state index contributed by atoms with van der Waals surface area (Å²) in [6.45, 7) is 9.39. The van der Waals surface area contributed by atoms with Crippen molar-refractivity contribution in [3.63, 3.8) is 0 Å². The Morgan fingerprint density at radius 3 is 1.12 bits per heavy atom. The van der Waals surface area contributed by atoms with Gasteiger partial charge in [0, 0.05) is 12.8 Å². The van der Waals surface area contributed by atoms with Gasteiger partial charge in [0.25, 0.3) is 0 Å². The first-order chi connectivity index (χ1) is 27.2. The quantitative estimate of drug-likeness (QED) is 0.0370. The lowest BCUT2D eigenvalue weighted by molar-refractivity contribution is -0.155. The second-order valence-corrected chi connectivity index (χ2v) is 14.2. The molecule has 0 amide bonds. The van der Waals surface area contributed by atoms with Gasteiger partial charge in [-0.3, -0.25) is 9.59 Å². The second-order valence-electron chi connectivity index (χ2n) is 14.2. The zero-order valence-corrected chi connectivity index (χ0v) is 34.7. The predicted molar refractivity (Wildman–Crippen MR) is 213 cm³/mol. The molecule has 0 heterocycles. The molecule has 2 unspecified atom stereocenters. The standard InChI is InChI=1S/C44H70O12/c1-5-9-13-17-30-51-39(45)28-22-26-37(43(49)53-32-19-15-11-7-3)55-41(47)35-24-21-25-36(34-35)42(48)56-38(44(50)54-33-20-16-12-8-4)27-23-29-40(46)52-31-18-14-10-6-2/h21,24-25,34,37-38H,5-20,22-23,26-33H2,1-4H3. The Bertz CT molecular complexity index is 1170. The van der Waals surface area contributed by atoms with E-state index < -0.39 is 36.1 Å². The summed E-state index contributed by atoms with van der Waals surface area (Å²) in [7, 11) is 0. The zero-order valence-electron chi connectivity index (χ0n) is 34.7. The third-order valence-electron chi connectivity index (χ3n) is 9.06. The third kappa shape index (κ3) is 24.5. The van der Waals surface area contributed by atoms with Gasteiger partial charge in [-0.25, -0.2) is 19.2 Å². The lowest BCUT2D eigenvalue weighted by Crippen LogP contribution is -2.30. The number of carbonyl (C=O) groups is 6. The van der Waals surface area contributed by atoms with Gasteiger partial charge in [-0.05, 0) is 69.6 Å². The molecule has 1 rings (SSSR count). The normalized spacial score (nSPS) is 11.9. The van der Waals surface area contributed by atoms with E-state index in [0.29, 0.717) is 26.1 Å². The van der Waals surface area contributed by atoms with E-state index in [2.05, 4.69) is 27.7 Å². The molecule has 0 spiro atoms. The van der Waals surface area contributed by atoms with Crippen LogP contribution in [-0.2, 0) is 47.6 Å². The van der Waals surface area contributed by atoms with Gasteiger partial charge in [0.2, 0.25) is 0 Å². The molecule has 0 N–H and O–H groups in total. The van der Waals surface area contributed by atoms with Crippen LogP contribution in [0.2, 0.25) is 0 Å². The molecule has 1 aromatic rings. The average Bonchev–Trinajstić information content (AvgIpc) is 3.19. The Balaban J connectivity index is 2.95. The van der Waals surface area contributed by atoms with E-state index in [1.54, 1.807) is 0 Å². The highest BCUT2D eigenvalue weighted by Crippen LogP contribution is 2.17. The molecular weight excluding hydrogens is 720 g/mol. The van der Waals surface area contributed by atoms with Crippen LogP contribution in [-0.4, -0.2) is 74.5 Å². The van der Waals surface area contributed by atoms with E-state index in [1.807, 2.05) is 0 Å². The highest BCUT2D eigenvalue weighted by molar-refractivity contribution is 5.96. The smallest absolute Gasteiger partial charge is 0.347 e. The monoisotopic (exact) mass is 790 g/mol. The van der Waals surface area contributed by atoms with Crippen LogP contribution in [0.15, 0.2) is 24.3 Å². The highest BCUT2D eigenvalue weighted by Gasteiger charge is 2.28. The summed E-state index contributed by atoms with van der Waals surface area (Å²) in [5, 5.41) is 0. The molecule has 0 aliphatic carbocycles. The fourth-order valence-corrected chi connectivity index (χ4v) is 5.64. The fraction of sp³-hybridized carbons (Fsp3) is 0.727. The van der Waals surface area contributed by atoms with Crippen molar-refractivity contribution in [1.82, 2.24) is 0 Å². The summed E-state index contributed by atoms with van der Waals surface area (Å²) < 4.78 is 32.6. The summed E-state index contributed by atoms with van der Waals surface area (Å²) in [4.78, 5) is 77.3. The first-order valence-corrected chi connectivity index (χ1v) is 21.3. The van der Waals surface area contributed by atoms with Crippen molar-refractivity contribution in [2.45, 2.75) is 181 Å². The van der Waals surface area contributed by atoms with Crippen LogP contribution in [0.4, 0.5) is 0 Å². The first-order valence-electron chi connectivity index (χ1n) is 21.3. The molecule has 56 heavy (non-hydrogen) atoms. The van der Waals surface area contributed by atoms with Crippen molar-refractivity contribution < 1.29 is 57.2 Å². The molecule has 0 fully saturated rings. The van der Waals surface area contributed by atoms with Crippen LogP contribution in [0.3, 0.4) is 0 Å². The Morgan fingerprint density at radius 2 is 0.786 bits per heavy atom. The van der Waals surface area contributed by atoms with Gasteiger partial charge in [0.15, 0.2) is 12.2 Å². The maximum Gasteiger partial charge on any atom is 0.347 e. The Hall–Kier alpha value is -3.96. The minimum absolute atomic E-state index is 0.0246. The minimum atomic E-state index is -1.28. The number of ether oxygens (including phenoxy) is 6. The van der Waals surface area contributed by atoms with Gasteiger partial charge in [-0.2, -0.15) is 0 Å². The van der Waals surface area contributed by atoms with Gasteiger partial charge < -0.3 is 28.4 Å². The third-order valence-corrected chi connectivity index (χ3v) is 9.06. The lowest BCUT2D eigenvalue weighted by Gasteiger charge is -2.18. The van der Waals surface area contributed by atoms with Crippen molar-refractivity contribution >= 4 is 35.8 Å². The molecule has 0 aromatic heterocycles. The molecule has 2 atom stereocenters. The van der Waals surface area contributed by atoms with E-state index in [0.717, 1.165) is 89.9 Å². The first kappa shape index (κ1) is 50.1. The second kappa shape index (κ2) is 33.2. The molecule has 0 radical (unpaired) electrons. The molecule has 0 saturated carbocycles. The van der Waals surface area contributed by atoms with E-state index in [-0.39, 0.29) is 74.8 Å². The Kier molecular flexibility index (Phi) is 29.7. The van der Waals surface area contributed by atoms with E-state index in [9.17, 15) is 28.8 Å². The predicted octanol–water partition coefficient (Wildman–Crippen LogP) is 9.57. The van der Waals surface area contributed by atoms with E-state index >= 15 is 0 Å². The van der Waals surface area contributed by atoms with Crippen molar-refractivity contribution in [3.05, 3.63) is 35.4 Å². The van der Waals surface area contributed by atoms with Gasteiger partial charge >= 0.3 is 35.8 Å². The number of esters is 6. The van der Waals surface area contributed by atoms with Crippen LogP contribution in [0.25, 0.3) is 0 Å². The highest BCUT2D eigenvalue weighted by atomic mass is 16.6. The summed E-state index contributed by atoms with van der Waals surface area (Å²) >= 11 is 0. The SMILES string of the molecule is CCCCCCOC(=O)CCCC(OC(=O)c1cccc(C(=O)OC(CCCC(=O)OCCCCCC)C(=O)OCCCCCC)c1)C(=O)OCCCCCC. The molecule has 12 nitrogen and oxygen atoms in total. The number of rotatable bonds is 34. The van der Waals surface area contributed by atoms with Gasteiger partial charge in [0.1, 0.15) is 0 Å². The number of benzene rings is 1. The molecule has 0 aliphatic heterocycles. The van der Waals surface area contributed by atoms with Gasteiger partial charge in [0.05, 0.1) is 37.6 Å². The maximum absolute atomic E-state index is 13.3. The minimum Gasteiger partial charge on any atom is -0.466 e. The molecule has 12 heteroatoms. The molecule has 0 saturated heterocycles. The number of carbonyl (C=O) groups excluding carboxylic acids is 6. The number of hydrogen-bond donors (Lipinski definition) is 0. The zero-order chi connectivity index (χ0) is 41.2. The van der Waals surface area contributed by atoms with Crippen molar-refractivity contribution in [3.8, 4) is 0 Å². The maximum atomic E-state index is 13.3. The van der Waals surface area contributed by atoms with Crippen molar-refractivity contribution in [2.75, 3.05) is 26.4 Å². The summed E-state index contributed by atoms with van der Waals surface area (Å²) in [5.74, 6) is -3.95. The Morgan fingerprint density at radius 1 is 0.446 bits per heavy atom. The largest absolute Gasteiger partial charge is 0.466 e. The van der Waals surface area contributed by atoms with Crippen LogP contribution >= 0.6 is 0 Å². The average molecular weight is 791 g/mol. The van der Waals surface area contributed by atoms with Gasteiger partial charge in [-0.1, -0.05) is 111 Å². The Labute approximate surface area is 335 Å². The number of hydrogen-bond acceptors (Lipinski definition) is 12. The van der Waals surface area contributed by atoms with Crippen LogP contribution < -0.4 is 0 Å². The van der Waals surface area contributed by atoms with Crippen LogP contribution in [0.5, 0.6) is 0 Å². The topological polar surface area (TPSA) is 158 Å².